The molecule has 1 aliphatic rings. The molecule has 0 amide bonds. The molecular formula is C10H16O2. The standard InChI is InChI=1S/C10H16O2/c1-2-12-10(11)8-9-6-4-3-5-7-9/h4,6,9H,2-3,5,7-8H2,1H3. The highest BCUT2D eigenvalue weighted by Crippen LogP contribution is 2.20. The molecule has 0 heterocycles. The van der Waals surface area contributed by atoms with Crippen molar-refractivity contribution in [1.82, 2.24) is 0 Å². The zero-order chi connectivity index (χ0) is 8.81. The average molecular weight is 168 g/mol. The number of rotatable bonds is 3. The van der Waals surface area contributed by atoms with Gasteiger partial charge in [-0.2, -0.15) is 0 Å². The van der Waals surface area contributed by atoms with Gasteiger partial charge in [0.1, 0.15) is 0 Å². The van der Waals surface area contributed by atoms with Crippen LogP contribution in [0.3, 0.4) is 0 Å². The summed E-state index contributed by atoms with van der Waals surface area (Å²) in [5, 5.41) is 0. The number of carbonyl (C=O) groups is 1. The number of carbonyl (C=O) groups excluding carboxylic acids is 1. The van der Waals surface area contributed by atoms with Gasteiger partial charge in [0, 0.05) is 0 Å². The zero-order valence-electron chi connectivity index (χ0n) is 7.58. The van der Waals surface area contributed by atoms with Crippen LogP contribution in [0.15, 0.2) is 12.2 Å². The fourth-order valence-corrected chi connectivity index (χ4v) is 1.49. The Labute approximate surface area is 73.6 Å². The van der Waals surface area contributed by atoms with Gasteiger partial charge in [0.05, 0.1) is 13.0 Å². The number of hydrogen-bond acceptors (Lipinski definition) is 2. The van der Waals surface area contributed by atoms with Gasteiger partial charge in [0.15, 0.2) is 0 Å². The van der Waals surface area contributed by atoms with Crippen molar-refractivity contribution in [1.29, 1.82) is 0 Å². The molecule has 1 rings (SSSR count). The lowest BCUT2D eigenvalue weighted by molar-refractivity contribution is -0.143. The van der Waals surface area contributed by atoms with Crippen LogP contribution in [0.4, 0.5) is 0 Å². The summed E-state index contributed by atoms with van der Waals surface area (Å²) in [5.74, 6) is 0.367. The summed E-state index contributed by atoms with van der Waals surface area (Å²) in [6.07, 6.45) is 8.37. The Morgan fingerprint density at radius 3 is 3.08 bits per heavy atom. The first-order valence-electron chi connectivity index (χ1n) is 4.65. The van der Waals surface area contributed by atoms with Crippen molar-refractivity contribution < 1.29 is 9.53 Å². The quantitative estimate of drug-likeness (QED) is 0.477. The maximum Gasteiger partial charge on any atom is 0.306 e. The summed E-state index contributed by atoms with van der Waals surface area (Å²) in [4.78, 5) is 11.1. The molecule has 0 fully saturated rings. The van der Waals surface area contributed by atoms with Crippen molar-refractivity contribution in [2.24, 2.45) is 5.92 Å². The molecule has 0 saturated heterocycles. The van der Waals surface area contributed by atoms with Crippen molar-refractivity contribution in [3.05, 3.63) is 12.2 Å². The summed E-state index contributed by atoms with van der Waals surface area (Å²) < 4.78 is 4.87. The molecule has 12 heavy (non-hydrogen) atoms. The van der Waals surface area contributed by atoms with Gasteiger partial charge in [-0.3, -0.25) is 4.79 Å². The summed E-state index contributed by atoms with van der Waals surface area (Å²) in [6.45, 7) is 2.34. The molecule has 0 aromatic rings. The molecule has 68 valence electrons. The van der Waals surface area contributed by atoms with Crippen LogP contribution in [0.25, 0.3) is 0 Å². The summed E-state index contributed by atoms with van der Waals surface area (Å²) in [6, 6.07) is 0. The second kappa shape index (κ2) is 4.96. The van der Waals surface area contributed by atoms with Crippen LogP contribution >= 0.6 is 0 Å². The molecule has 0 aromatic heterocycles. The van der Waals surface area contributed by atoms with Crippen LogP contribution in [-0.4, -0.2) is 12.6 Å². The Bertz CT molecular complexity index is 173. The Morgan fingerprint density at radius 1 is 1.67 bits per heavy atom. The van der Waals surface area contributed by atoms with Crippen molar-refractivity contribution in [2.75, 3.05) is 6.61 Å². The smallest absolute Gasteiger partial charge is 0.306 e. The van der Waals surface area contributed by atoms with Gasteiger partial charge in [-0.1, -0.05) is 12.2 Å². The summed E-state index contributed by atoms with van der Waals surface area (Å²) >= 11 is 0. The van der Waals surface area contributed by atoms with Crippen LogP contribution in [0.5, 0.6) is 0 Å². The number of hydrogen-bond donors (Lipinski definition) is 0. The van der Waals surface area contributed by atoms with E-state index < -0.39 is 0 Å². The highest BCUT2D eigenvalue weighted by molar-refractivity contribution is 5.69. The van der Waals surface area contributed by atoms with Gasteiger partial charge in [-0.15, -0.1) is 0 Å². The summed E-state index contributed by atoms with van der Waals surface area (Å²) in [5.41, 5.74) is 0. The van der Waals surface area contributed by atoms with Crippen LogP contribution in [-0.2, 0) is 9.53 Å². The molecule has 0 aliphatic heterocycles. The Balaban J connectivity index is 2.25. The van der Waals surface area contributed by atoms with E-state index in [-0.39, 0.29) is 5.97 Å². The van der Waals surface area contributed by atoms with Gasteiger partial charge in [0.2, 0.25) is 0 Å². The summed E-state index contributed by atoms with van der Waals surface area (Å²) in [7, 11) is 0. The second-order valence-electron chi connectivity index (χ2n) is 3.13. The van der Waals surface area contributed by atoms with E-state index in [1.807, 2.05) is 6.92 Å². The maximum absolute atomic E-state index is 11.1. The van der Waals surface area contributed by atoms with Crippen molar-refractivity contribution in [2.45, 2.75) is 32.6 Å². The minimum Gasteiger partial charge on any atom is -0.466 e. The molecule has 0 radical (unpaired) electrons. The van der Waals surface area contributed by atoms with Crippen molar-refractivity contribution in [3.8, 4) is 0 Å². The van der Waals surface area contributed by atoms with E-state index in [0.717, 1.165) is 6.42 Å². The largest absolute Gasteiger partial charge is 0.466 e. The van der Waals surface area contributed by atoms with Crippen molar-refractivity contribution >= 4 is 5.97 Å². The normalized spacial score (nSPS) is 22.2. The van der Waals surface area contributed by atoms with Crippen LogP contribution < -0.4 is 0 Å². The van der Waals surface area contributed by atoms with E-state index in [0.29, 0.717) is 18.9 Å². The fourth-order valence-electron chi connectivity index (χ4n) is 1.49. The lowest BCUT2D eigenvalue weighted by Gasteiger charge is -2.14. The first-order chi connectivity index (χ1) is 5.83. The Morgan fingerprint density at radius 2 is 2.50 bits per heavy atom. The number of esters is 1. The van der Waals surface area contributed by atoms with E-state index in [1.54, 1.807) is 0 Å². The fraction of sp³-hybridized carbons (Fsp3) is 0.700. The molecule has 2 heteroatoms. The molecule has 0 saturated carbocycles. The predicted molar refractivity (Wildman–Crippen MR) is 47.7 cm³/mol. The third-order valence-electron chi connectivity index (χ3n) is 2.09. The van der Waals surface area contributed by atoms with Gasteiger partial charge in [0.25, 0.3) is 0 Å². The zero-order valence-corrected chi connectivity index (χ0v) is 7.58. The first kappa shape index (κ1) is 9.30. The first-order valence-corrected chi connectivity index (χ1v) is 4.65. The van der Waals surface area contributed by atoms with Gasteiger partial charge in [-0.05, 0) is 32.1 Å². The van der Waals surface area contributed by atoms with Gasteiger partial charge < -0.3 is 4.74 Å². The molecule has 1 unspecified atom stereocenters. The van der Waals surface area contributed by atoms with E-state index >= 15 is 0 Å². The molecule has 0 spiro atoms. The van der Waals surface area contributed by atoms with Gasteiger partial charge in [-0.25, -0.2) is 0 Å². The highest BCUT2D eigenvalue weighted by atomic mass is 16.5. The van der Waals surface area contributed by atoms with Crippen molar-refractivity contribution in [3.63, 3.8) is 0 Å². The van der Waals surface area contributed by atoms with Crippen LogP contribution in [0.2, 0.25) is 0 Å². The molecule has 1 atom stereocenters. The van der Waals surface area contributed by atoms with Crippen LogP contribution in [0.1, 0.15) is 32.6 Å². The average Bonchev–Trinajstić information content (AvgIpc) is 2.06. The predicted octanol–water partition coefficient (Wildman–Crippen LogP) is 2.30. The molecular weight excluding hydrogens is 152 g/mol. The molecule has 0 N–H and O–H groups in total. The monoisotopic (exact) mass is 168 g/mol. The number of allylic oxidation sites excluding steroid dienone is 2. The SMILES string of the molecule is CCOC(=O)CC1C=CCCC1. The van der Waals surface area contributed by atoms with E-state index in [9.17, 15) is 4.79 Å². The Hall–Kier alpha value is -0.790. The third kappa shape index (κ3) is 3.07. The van der Waals surface area contributed by atoms with E-state index in [4.69, 9.17) is 4.74 Å². The lowest BCUT2D eigenvalue weighted by atomic mass is 9.93. The van der Waals surface area contributed by atoms with Gasteiger partial charge >= 0.3 is 5.97 Å². The van der Waals surface area contributed by atoms with E-state index in [1.165, 1.54) is 12.8 Å². The topological polar surface area (TPSA) is 26.3 Å². The second-order valence-corrected chi connectivity index (χ2v) is 3.13. The molecule has 0 aromatic carbocycles. The highest BCUT2D eigenvalue weighted by Gasteiger charge is 2.13. The Kier molecular flexibility index (Phi) is 3.85. The molecule has 2 nitrogen and oxygen atoms in total. The molecule has 0 bridgehead atoms. The maximum atomic E-state index is 11.1. The van der Waals surface area contributed by atoms with Crippen LogP contribution in [0, 0.1) is 5.92 Å². The minimum atomic E-state index is -0.0611. The number of ether oxygens (including phenoxy) is 1. The minimum absolute atomic E-state index is 0.0611. The third-order valence-corrected chi connectivity index (χ3v) is 2.09. The van der Waals surface area contributed by atoms with E-state index in [2.05, 4.69) is 12.2 Å². The molecule has 1 aliphatic carbocycles. The lowest BCUT2D eigenvalue weighted by Crippen LogP contribution is -2.11.